The van der Waals surface area contributed by atoms with Crippen molar-refractivity contribution >= 4 is 5.91 Å². The maximum Gasteiger partial charge on any atom is 0.221 e. The first-order valence-electron chi connectivity index (χ1n) is 8.59. The Morgan fingerprint density at radius 1 is 1.33 bits per heavy atom. The van der Waals surface area contributed by atoms with Crippen LogP contribution in [0.2, 0.25) is 0 Å². The number of rotatable bonds is 6. The number of hydrogen-bond donors (Lipinski definition) is 2. The molecule has 0 aliphatic carbocycles. The van der Waals surface area contributed by atoms with Crippen LogP contribution in [0.4, 0.5) is 0 Å². The molecule has 0 bridgehead atoms. The van der Waals surface area contributed by atoms with Crippen LogP contribution >= 0.6 is 0 Å². The van der Waals surface area contributed by atoms with Gasteiger partial charge in [0.25, 0.3) is 0 Å². The Hall–Kier alpha value is -0.610. The lowest BCUT2D eigenvalue weighted by Crippen LogP contribution is -2.44. The second kappa shape index (κ2) is 8.74. The van der Waals surface area contributed by atoms with Crippen molar-refractivity contribution in [1.29, 1.82) is 0 Å². The first kappa shape index (κ1) is 18.4. The van der Waals surface area contributed by atoms with E-state index >= 15 is 0 Å². The summed E-state index contributed by atoms with van der Waals surface area (Å²) in [5.74, 6) is 0.916. The molecule has 1 heterocycles. The number of nitrogens with one attached hydrogen (secondary N) is 1. The van der Waals surface area contributed by atoms with E-state index in [1.165, 1.54) is 19.3 Å². The van der Waals surface area contributed by atoms with E-state index in [0.717, 1.165) is 32.0 Å². The lowest BCUT2D eigenvalue weighted by Gasteiger charge is -2.31. The zero-order valence-corrected chi connectivity index (χ0v) is 14.5. The Morgan fingerprint density at radius 3 is 2.62 bits per heavy atom. The van der Waals surface area contributed by atoms with Crippen LogP contribution in [-0.2, 0) is 4.79 Å². The van der Waals surface area contributed by atoms with Gasteiger partial charge < -0.3 is 11.1 Å². The summed E-state index contributed by atoms with van der Waals surface area (Å²) in [4.78, 5) is 14.4. The van der Waals surface area contributed by atoms with Gasteiger partial charge in [0.15, 0.2) is 0 Å². The van der Waals surface area contributed by atoms with Crippen molar-refractivity contribution in [3.63, 3.8) is 0 Å². The van der Waals surface area contributed by atoms with E-state index in [9.17, 15) is 4.79 Å². The highest BCUT2D eigenvalue weighted by Gasteiger charge is 2.29. The molecule has 3 N–H and O–H groups in total. The number of amides is 1. The molecule has 0 saturated carbocycles. The third-order valence-corrected chi connectivity index (χ3v) is 4.77. The smallest absolute Gasteiger partial charge is 0.221 e. The topological polar surface area (TPSA) is 58.4 Å². The van der Waals surface area contributed by atoms with Crippen molar-refractivity contribution in [3.8, 4) is 0 Å². The predicted octanol–water partition coefficient (Wildman–Crippen LogP) is 2.38. The minimum absolute atomic E-state index is 0.143. The van der Waals surface area contributed by atoms with Crippen molar-refractivity contribution in [2.75, 3.05) is 26.2 Å². The van der Waals surface area contributed by atoms with E-state index in [4.69, 9.17) is 5.73 Å². The molecule has 0 aromatic rings. The van der Waals surface area contributed by atoms with Crippen LogP contribution in [0.3, 0.4) is 0 Å². The van der Waals surface area contributed by atoms with Gasteiger partial charge in [-0.2, -0.15) is 0 Å². The summed E-state index contributed by atoms with van der Waals surface area (Å²) in [6.07, 6.45) is 5.25. The third-order valence-electron chi connectivity index (χ3n) is 4.77. The zero-order valence-electron chi connectivity index (χ0n) is 14.5. The molecule has 21 heavy (non-hydrogen) atoms. The number of nitrogens with two attached hydrogens (primary N) is 1. The van der Waals surface area contributed by atoms with Crippen LogP contribution in [-0.4, -0.2) is 43.0 Å². The lowest BCUT2D eigenvalue weighted by atomic mass is 9.77. The highest BCUT2D eigenvalue weighted by Crippen LogP contribution is 2.34. The fraction of sp³-hybridized carbons (Fsp3) is 0.941. The van der Waals surface area contributed by atoms with Gasteiger partial charge in [0.1, 0.15) is 0 Å². The second-order valence-electron chi connectivity index (χ2n) is 7.47. The molecule has 2 unspecified atom stereocenters. The van der Waals surface area contributed by atoms with Gasteiger partial charge in [-0.1, -0.05) is 27.7 Å². The van der Waals surface area contributed by atoms with Crippen LogP contribution < -0.4 is 11.1 Å². The van der Waals surface area contributed by atoms with E-state index in [0.29, 0.717) is 18.4 Å². The van der Waals surface area contributed by atoms with Gasteiger partial charge in [-0.15, -0.1) is 0 Å². The molecule has 1 rings (SSSR count). The number of carbonyl (C=O) groups is 1. The van der Waals surface area contributed by atoms with Gasteiger partial charge in [-0.05, 0) is 50.1 Å². The molecule has 0 radical (unpaired) electrons. The minimum Gasteiger partial charge on any atom is -0.356 e. The summed E-state index contributed by atoms with van der Waals surface area (Å²) in [6.45, 7) is 12.6. The van der Waals surface area contributed by atoms with Crippen LogP contribution in [0.5, 0.6) is 0 Å². The number of hydrogen-bond acceptors (Lipinski definition) is 3. The fourth-order valence-electron chi connectivity index (χ4n) is 3.26. The summed E-state index contributed by atoms with van der Waals surface area (Å²) >= 11 is 0. The van der Waals surface area contributed by atoms with Crippen LogP contribution in [0, 0.1) is 11.3 Å². The Morgan fingerprint density at radius 2 is 2.05 bits per heavy atom. The zero-order chi connectivity index (χ0) is 15.9. The average molecular weight is 297 g/mol. The Kier molecular flexibility index (Phi) is 7.67. The second-order valence-corrected chi connectivity index (χ2v) is 7.47. The molecule has 1 saturated heterocycles. The molecular weight excluding hydrogens is 262 g/mol. The molecule has 0 spiro atoms. The van der Waals surface area contributed by atoms with E-state index in [1.807, 2.05) is 0 Å². The van der Waals surface area contributed by atoms with Gasteiger partial charge in [-0.25, -0.2) is 0 Å². The molecule has 0 aromatic heterocycles. The van der Waals surface area contributed by atoms with Crippen LogP contribution in [0.15, 0.2) is 0 Å². The molecule has 1 aliphatic rings. The first-order valence-corrected chi connectivity index (χ1v) is 8.59. The fourth-order valence-corrected chi connectivity index (χ4v) is 3.26. The molecule has 2 atom stereocenters. The highest BCUT2D eigenvalue weighted by molar-refractivity contribution is 5.76. The van der Waals surface area contributed by atoms with Gasteiger partial charge in [0.05, 0.1) is 0 Å². The molecule has 1 amide bonds. The molecule has 4 nitrogen and oxygen atoms in total. The molecule has 1 fully saturated rings. The van der Waals surface area contributed by atoms with Crippen LogP contribution in [0.25, 0.3) is 0 Å². The molecule has 124 valence electrons. The number of nitrogens with zero attached hydrogens (tertiary/aromatic N) is 1. The van der Waals surface area contributed by atoms with Crippen molar-refractivity contribution in [2.24, 2.45) is 17.1 Å². The number of likely N-dealkylation sites (tertiary alicyclic amines) is 1. The van der Waals surface area contributed by atoms with E-state index in [-0.39, 0.29) is 11.9 Å². The average Bonchev–Trinajstić information content (AvgIpc) is 2.68. The highest BCUT2D eigenvalue weighted by atomic mass is 16.1. The quantitative estimate of drug-likeness (QED) is 0.791. The molecule has 0 aromatic carbocycles. The molecular formula is C17H35N3O. The molecule has 1 aliphatic heterocycles. The van der Waals surface area contributed by atoms with Gasteiger partial charge in [0, 0.05) is 25.6 Å². The van der Waals surface area contributed by atoms with Gasteiger partial charge in [-0.3, -0.25) is 9.69 Å². The maximum absolute atomic E-state index is 11.9. The summed E-state index contributed by atoms with van der Waals surface area (Å²) in [5, 5.41) is 2.96. The predicted molar refractivity (Wildman–Crippen MR) is 89.1 cm³/mol. The van der Waals surface area contributed by atoms with Gasteiger partial charge >= 0.3 is 0 Å². The van der Waals surface area contributed by atoms with Crippen molar-refractivity contribution in [3.05, 3.63) is 0 Å². The lowest BCUT2D eigenvalue weighted by molar-refractivity contribution is -0.122. The SMILES string of the molecule is CCCNC(=O)CC(CN)N1CCCC(C(C)(C)C)CC1. The van der Waals surface area contributed by atoms with E-state index in [2.05, 4.69) is 37.9 Å². The van der Waals surface area contributed by atoms with Crippen molar-refractivity contribution in [1.82, 2.24) is 10.2 Å². The summed E-state index contributed by atoms with van der Waals surface area (Å²) in [7, 11) is 0. The van der Waals surface area contributed by atoms with Crippen molar-refractivity contribution < 1.29 is 4.79 Å². The summed E-state index contributed by atoms with van der Waals surface area (Å²) in [5.41, 5.74) is 6.31. The Balaban J connectivity index is 2.51. The minimum atomic E-state index is 0.143. The molecule has 4 heteroatoms. The standard InChI is InChI=1S/C17H35N3O/c1-5-9-19-16(21)12-15(13-18)20-10-6-7-14(8-11-20)17(2,3)4/h14-15H,5-13,18H2,1-4H3,(H,19,21). The maximum atomic E-state index is 11.9. The first-order chi connectivity index (χ1) is 9.88. The normalized spacial score (nSPS) is 22.6. The number of carbonyl (C=O) groups excluding carboxylic acids is 1. The van der Waals surface area contributed by atoms with Gasteiger partial charge in [0.2, 0.25) is 5.91 Å². The van der Waals surface area contributed by atoms with Crippen LogP contribution in [0.1, 0.15) is 59.8 Å². The van der Waals surface area contributed by atoms with E-state index < -0.39 is 0 Å². The van der Waals surface area contributed by atoms with E-state index in [1.54, 1.807) is 0 Å². The summed E-state index contributed by atoms with van der Waals surface area (Å²) < 4.78 is 0. The third kappa shape index (κ3) is 6.35. The summed E-state index contributed by atoms with van der Waals surface area (Å²) in [6, 6.07) is 0.195. The largest absolute Gasteiger partial charge is 0.356 e. The monoisotopic (exact) mass is 297 g/mol. The Labute approximate surface area is 130 Å². The Bertz CT molecular complexity index is 312. The van der Waals surface area contributed by atoms with Crippen molar-refractivity contribution in [2.45, 2.75) is 65.8 Å².